The molecule has 0 fully saturated rings. The van der Waals surface area contributed by atoms with Gasteiger partial charge in [-0.05, 0) is 35.4 Å². The van der Waals surface area contributed by atoms with Crippen LogP contribution in [0.4, 0.5) is 13.2 Å². The molecule has 3 aromatic rings. The molecule has 0 unspecified atom stereocenters. The van der Waals surface area contributed by atoms with Gasteiger partial charge in [-0.3, -0.25) is 15.1 Å². The lowest BCUT2D eigenvalue weighted by molar-refractivity contribution is -0.137. The summed E-state index contributed by atoms with van der Waals surface area (Å²) in [6.07, 6.45) is -4.02. The summed E-state index contributed by atoms with van der Waals surface area (Å²) in [5.74, 6) is 0.806. The van der Waals surface area contributed by atoms with Crippen LogP contribution in [0.2, 0.25) is 0 Å². The van der Waals surface area contributed by atoms with Crippen LogP contribution < -0.4 is 19.7 Å². The van der Waals surface area contributed by atoms with E-state index in [4.69, 9.17) is 9.47 Å². The molecule has 30 heavy (non-hydrogen) atoms. The van der Waals surface area contributed by atoms with Crippen LogP contribution in [-0.4, -0.2) is 23.9 Å². The van der Waals surface area contributed by atoms with Gasteiger partial charge in [0.25, 0.3) is 0 Å². The molecular formula is C20H19F3N2O4S. The summed E-state index contributed by atoms with van der Waals surface area (Å²) in [6, 6.07) is 10.1. The maximum atomic E-state index is 12.6. The Morgan fingerprint density at radius 1 is 1.10 bits per heavy atom. The number of methoxy groups -OCH3 is 1. The standard InChI is InChI=1S/C20H19F3N2O4S/c1-28-15-7-4-13(9-17-18(26)25-19(27)30-17)8-16(15)29-11-24-10-12-2-5-14(6-3-12)20(21,22)23/h2-8,24,26H,9-11H2,1H3,(H,25,27). The molecule has 160 valence electrons. The number of hydrogen-bond acceptors (Lipinski definition) is 6. The Bertz CT molecular complexity index is 1050. The maximum Gasteiger partial charge on any atom is 0.416 e. The Kier molecular flexibility index (Phi) is 6.68. The lowest BCUT2D eigenvalue weighted by atomic mass is 10.1. The first-order valence-corrected chi connectivity index (χ1v) is 9.65. The van der Waals surface area contributed by atoms with Crippen molar-refractivity contribution in [2.75, 3.05) is 13.8 Å². The highest BCUT2D eigenvalue weighted by atomic mass is 32.1. The monoisotopic (exact) mass is 440 g/mol. The van der Waals surface area contributed by atoms with Gasteiger partial charge in [-0.15, -0.1) is 0 Å². The maximum absolute atomic E-state index is 12.6. The number of hydrogen-bond donors (Lipinski definition) is 3. The largest absolute Gasteiger partial charge is 0.494 e. The molecule has 0 amide bonds. The molecule has 1 heterocycles. The molecule has 1 aromatic heterocycles. The number of H-pyrrole nitrogens is 1. The van der Waals surface area contributed by atoms with E-state index < -0.39 is 11.7 Å². The molecule has 0 atom stereocenters. The van der Waals surface area contributed by atoms with E-state index in [-0.39, 0.29) is 17.5 Å². The number of rotatable bonds is 8. The van der Waals surface area contributed by atoms with Gasteiger partial charge in [0.05, 0.1) is 17.6 Å². The molecule has 0 aliphatic carbocycles. The topological polar surface area (TPSA) is 83.6 Å². The highest BCUT2D eigenvalue weighted by Gasteiger charge is 2.29. The molecule has 0 saturated heterocycles. The van der Waals surface area contributed by atoms with E-state index in [1.165, 1.54) is 19.2 Å². The Morgan fingerprint density at radius 3 is 2.40 bits per heavy atom. The molecule has 0 aliphatic heterocycles. The van der Waals surface area contributed by atoms with Crippen LogP contribution in [0.15, 0.2) is 47.3 Å². The molecule has 0 spiro atoms. The van der Waals surface area contributed by atoms with Gasteiger partial charge >= 0.3 is 11.0 Å². The van der Waals surface area contributed by atoms with Crippen molar-refractivity contribution in [2.45, 2.75) is 19.1 Å². The molecule has 0 aliphatic rings. The second-order valence-electron chi connectivity index (χ2n) is 6.36. The summed E-state index contributed by atoms with van der Waals surface area (Å²) >= 11 is 0.931. The number of halogens is 3. The van der Waals surface area contributed by atoms with Crippen molar-refractivity contribution in [3.63, 3.8) is 0 Å². The second-order valence-corrected chi connectivity index (χ2v) is 7.43. The fraction of sp³-hybridized carbons (Fsp3) is 0.250. The van der Waals surface area contributed by atoms with E-state index in [2.05, 4.69) is 10.3 Å². The molecular weight excluding hydrogens is 421 g/mol. The summed E-state index contributed by atoms with van der Waals surface area (Å²) < 4.78 is 48.8. The lowest BCUT2D eigenvalue weighted by Gasteiger charge is -2.13. The average molecular weight is 440 g/mol. The number of thiazole rings is 1. The van der Waals surface area contributed by atoms with E-state index in [1.54, 1.807) is 18.2 Å². The predicted octanol–water partition coefficient (Wildman–Crippen LogP) is 3.89. The van der Waals surface area contributed by atoms with Crippen molar-refractivity contribution in [2.24, 2.45) is 0 Å². The minimum atomic E-state index is -4.36. The first-order chi connectivity index (χ1) is 14.3. The molecule has 0 saturated carbocycles. The van der Waals surface area contributed by atoms with Crippen molar-refractivity contribution < 1.29 is 27.8 Å². The average Bonchev–Trinajstić information content (AvgIpc) is 3.02. The van der Waals surface area contributed by atoms with E-state index in [9.17, 15) is 23.1 Å². The fourth-order valence-electron chi connectivity index (χ4n) is 2.74. The van der Waals surface area contributed by atoms with Crippen molar-refractivity contribution in [1.82, 2.24) is 10.3 Å². The highest BCUT2D eigenvalue weighted by molar-refractivity contribution is 7.09. The molecule has 2 aromatic carbocycles. The van der Waals surface area contributed by atoms with E-state index >= 15 is 0 Å². The number of nitrogens with one attached hydrogen (secondary N) is 2. The summed E-state index contributed by atoms with van der Waals surface area (Å²) in [5.41, 5.74) is 0.798. The van der Waals surface area contributed by atoms with Crippen molar-refractivity contribution in [3.05, 3.63) is 73.7 Å². The molecule has 0 bridgehead atoms. The van der Waals surface area contributed by atoms with Gasteiger partial charge in [0.1, 0.15) is 6.73 Å². The third-order valence-corrected chi connectivity index (χ3v) is 5.10. The number of benzene rings is 2. The third kappa shape index (κ3) is 5.55. The smallest absolute Gasteiger partial charge is 0.416 e. The number of aromatic nitrogens is 1. The Hall–Kier alpha value is -2.98. The number of alkyl halides is 3. The van der Waals surface area contributed by atoms with Gasteiger partial charge in [-0.25, -0.2) is 0 Å². The highest BCUT2D eigenvalue weighted by Crippen LogP contribution is 2.31. The first kappa shape index (κ1) is 21.7. The van der Waals surface area contributed by atoms with Crippen LogP contribution in [0.5, 0.6) is 17.4 Å². The van der Waals surface area contributed by atoms with Crippen LogP contribution in [0.3, 0.4) is 0 Å². The van der Waals surface area contributed by atoms with Crippen LogP contribution in [0.25, 0.3) is 0 Å². The van der Waals surface area contributed by atoms with Crippen molar-refractivity contribution in [3.8, 4) is 17.4 Å². The Labute approximate surface area is 173 Å². The number of aromatic amines is 1. The van der Waals surface area contributed by atoms with Crippen LogP contribution in [0, 0.1) is 0 Å². The van der Waals surface area contributed by atoms with Gasteiger partial charge in [-0.2, -0.15) is 13.2 Å². The number of ether oxygens (including phenoxy) is 2. The molecule has 3 rings (SSSR count). The normalized spacial score (nSPS) is 11.5. The minimum Gasteiger partial charge on any atom is -0.494 e. The molecule has 6 nitrogen and oxygen atoms in total. The Morgan fingerprint density at radius 2 is 1.80 bits per heavy atom. The zero-order valence-corrected chi connectivity index (χ0v) is 16.7. The first-order valence-electron chi connectivity index (χ1n) is 8.84. The second kappa shape index (κ2) is 9.23. The third-order valence-electron chi connectivity index (χ3n) is 4.23. The quantitative estimate of drug-likeness (QED) is 0.366. The van der Waals surface area contributed by atoms with Gasteiger partial charge in [0.15, 0.2) is 11.5 Å². The van der Waals surface area contributed by atoms with Crippen LogP contribution in [0.1, 0.15) is 21.6 Å². The minimum absolute atomic E-state index is 0.101. The van der Waals surface area contributed by atoms with Gasteiger partial charge < -0.3 is 14.6 Å². The summed E-state index contributed by atoms with van der Waals surface area (Å²) in [7, 11) is 1.50. The predicted molar refractivity (Wildman–Crippen MR) is 106 cm³/mol. The van der Waals surface area contributed by atoms with E-state index in [0.717, 1.165) is 29.0 Å². The van der Waals surface area contributed by atoms with E-state index in [1.807, 2.05) is 0 Å². The van der Waals surface area contributed by atoms with Crippen LogP contribution in [-0.2, 0) is 19.1 Å². The molecule has 10 heteroatoms. The number of aromatic hydroxyl groups is 1. The van der Waals surface area contributed by atoms with Gasteiger partial charge in [-0.1, -0.05) is 29.5 Å². The summed E-state index contributed by atoms with van der Waals surface area (Å²) in [4.78, 5) is 13.8. The van der Waals surface area contributed by atoms with E-state index in [0.29, 0.717) is 34.9 Å². The van der Waals surface area contributed by atoms with Crippen molar-refractivity contribution >= 4 is 11.3 Å². The summed E-state index contributed by atoms with van der Waals surface area (Å²) in [5, 5.41) is 12.7. The summed E-state index contributed by atoms with van der Waals surface area (Å²) in [6.45, 7) is 0.425. The zero-order valence-electron chi connectivity index (χ0n) is 15.9. The molecule has 0 radical (unpaired) electrons. The lowest BCUT2D eigenvalue weighted by Crippen LogP contribution is -2.20. The van der Waals surface area contributed by atoms with Gasteiger partial charge in [0.2, 0.25) is 5.88 Å². The fourth-order valence-corrected chi connectivity index (χ4v) is 3.49. The Balaban J connectivity index is 1.59. The zero-order chi connectivity index (χ0) is 21.7. The molecule has 3 N–H and O–H groups in total. The van der Waals surface area contributed by atoms with Crippen LogP contribution >= 0.6 is 11.3 Å². The van der Waals surface area contributed by atoms with Gasteiger partial charge in [0, 0.05) is 13.0 Å². The van der Waals surface area contributed by atoms with Crippen molar-refractivity contribution in [1.29, 1.82) is 0 Å². The SMILES string of the molecule is COc1ccc(Cc2sc(=O)[nH]c2O)cc1OCNCc1ccc(C(F)(F)F)cc1.